The summed E-state index contributed by atoms with van der Waals surface area (Å²) < 4.78 is 39.6. The van der Waals surface area contributed by atoms with Crippen molar-refractivity contribution >= 4 is 17.5 Å². The molecule has 3 rings (SSSR count). The number of aromatic nitrogens is 1. The number of benzene rings is 2. The van der Waals surface area contributed by atoms with Gasteiger partial charge in [0.05, 0.1) is 5.56 Å². The summed E-state index contributed by atoms with van der Waals surface area (Å²) in [7, 11) is 0. The lowest BCUT2D eigenvalue weighted by molar-refractivity contribution is -0.137. The van der Waals surface area contributed by atoms with Crippen molar-refractivity contribution in [3.05, 3.63) is 77.4 Å². The highest BCUT2D eigenvalue weighted by Gasteiger charge is 2.33. The predicted molar refractivity (Wildman–Crippen MR) is 98.2 cm³/mol. The van der Waals surface area contributed by atoms with E-state index in [0.29, 0.717) is 5.56 Å². The lowest BCUT2D eigenvalue weighted by Gasteiger charge is -2.14. The fourth-order valence-electron chi connectivity index (χ4n) is 2.63. The van der Waals surface area contributed by atoms with Gasteiger partial charge in [-0.3, -0.25) is 4.79 Å². The second-order valence-electron chi connectivity index (χ2n) is 5.99. The van der Waals surface area contributed by atoms with E-state index in [4.69, 9.17) is 5.73 Å². The Morgan fingerprint density at radius 2 is 1.63 bits per heavy atom. The van der Waals surface area contributed by atoms with Crippen molar-refractivity contribution in [2.75, 3.05) is 11.1 Å². The summed E-state index contributed by atoms with van der Waals surface area (Å²) in [6.45, 7) is 1.90. The van der Waals surface area contributed by atoms with Gasteiger partial charge in [-0.25, -0.2) is 4.98 Å². The van der Waals surface area contributed by atoms with Crippen molar-refractivity contribution in [1.82, 2.24) is 4.98 Å². The van der Waals surface area contributed by atoms with Crippen molar-refractivity contribution in [1.29, 1.82) is 0 Å². The summed E-state index contributed by atoms with van der Waals surface area (Å²) >= 11 is 0. The van der Waals surface area contributed by atoms with Crippen LogP contribution in [0.25, 0.3) is 11.1 Å². The highest BCUT2D eigenvalue weighted by atomic mass is 19.4. The number of hydrogen-bond acceptors (Lipinski definition) is 3. The maximum atomic E-state index is 13.2. The largest absolute Gasteiger partial charge is 0.417 e. The van der Waals surface area contributed by atoms with Gasteiger partial charge >= 0.3 is 6.18 Å². The quantitative estimate of drug-likeness (QED) is 0.687. The molecule has 0 aliphatic heterocycles. The third-order valence-corrected chi connectivity index (χ3v) is 4.00. The van der Waals surface area contributed by atoms with Crippen molar-refractivity contribution in [3.63, 3.8) is 0 Å². The first-order chi connectivity index (χ1) is 12.8. The first-order valence-corrected chi connectivity index (χ1v) is 8.07. The van der Waals surface area contributed by atoms with Crippen LogP contribution in [0.3, 0.4) is 0 Å². The molecule has 0 aliphatic carbocycles. The Bertz CT molecular complexity index is 983. The van der Waals surface area contributed by atoms with Crippen LogP contribution in [0.1, 0.15) is 21.5 Å². The summed E-state index contributed by atoms with van der Waals surface area (Å²) in [4.78, 5) is 16.3. The van der Waals surface area contributed by atoms with Crippen LogP contribution >= 0.6 is 0 Å². The van der Waals surface area contributed by atoms with Crippen LogP contribution in [0, 0.1) is 6.92 Å². The summed E-state index contributed by atoms with van der Waals surface area (Å²) in [5.41, 5.74) is 6.61. The van der Waals surface area contributed by atoms with Crippen LogP contribution in [-0.4, -0.2) is 10.9 Å². The monoisotopic (exact) mass is 371 g/mol. The molecule has 0 saturated carbocycles. The maximum Gasteiger partial charge on any atom is 0.417 e. The Hall–Kier alpha value is -3.35. The average molecular weight is 371 g/mol. The number of carbonyl (C=O) groups is 1. The molecule has 0 aliphatic rings. The maximum absolute atomic E-state index is 13.2. The summed E-state index contributed by atoms with van der Waals surface area (Å²) in [6, 6.07) is 14.9. The number of aryl methyl sites for hydroxylation is 1. The van der Waals surface area contributed by atoms with Gasteiger partial charge < -0.3 is 11.1 Å². The molecule has 3 aromatic rings. The number of halogens is 3. The Morgan fingerprint density at radius 3 is 2.26 bits per heavy atom. The minimum absolute atomic E-state index is 0.0635. The van der Waals surface area contributed by atoms with Crippen molar-refractivity contribution < 1.29 is 18.0 Å². The summed E-state index contributed by atoms with van der Waals surface area (Å²) in [5.74, 6) is -0.329. The minimum Gasteiger partial charge on any atom is -0.383 e. The van der Waals surface area contributed by atoms with E-state index in [1.165, 1.54) is 30.3 Å². The van der Waals surface area contributed by atoms with Crippen molar-refractivity contribution in [3.8, 4) is 11.1 Å². The number of nitrogens with zero attached hydrogens (tertiary/aromatic N) is 1. The lowest BCUT2D eigenvalue weighted by atomic mass is 10.00. The molecule has 1 heterocycles. The van der Waals surface area contributed by atoms with Gasteiger partial charge in [0, 0.05) is 11.1 Å². The molecule has 0 atom stereocenters. The topological polar surface area (TPSA) is 68.0 Å². The molecule has 0 spiro atoms. The normalized spacial score (nSPS) is 11.3. The number of nitrogens with two attached hydrogens (primary N) is 1. The molecular weight excluding hydrogens is 355 g/mol. The molecule has 0 saturated heterocycles. The molecule has 1 amide bonds. The molecule has 0 bridgehead atoms. The van der Waals surface area contributed by atoms with Crippen LogP contribution in [0.15, 0.2) is 60.7 Å². The van der Waals surface area contributed by atoms with Crippen LogP contribution in [0.2, 0.25) is 0 Å². The third kappa shape index (κ3) is 4.08. The zero-order valence-electron chi connectivity index (χ0n) is 14.3. The van der Waals surface area contributed by atoms with Crippen LogP contribution in [0.5, 0.6) is 0 Å². The fraction of sp³-hybridized carbons (Fsp3) is 0.100. The Morgan fingerprint density at radius 1 is 0.963 bits per heavy atom. The van der Waals surface area contributed by atoms with E-state index < -0.39 is 11.7 Å². The van der Waals surface area contributed by atoms with Gasteiger partial charge in [-0.05, 0) is 42.8 Å². The predicted octanol–water partition coefficient (Wildman–Crippen LogP) is 4.91. The Balaban J connectivity index is 1.89. The molecule has 3 N–H and O–H groups in total. The molecule has 0 fully saturated rings. The van der Waals surface area contributed by atoms with Gasteiger partial charge in [-0.1, -0.05) is 35.9 Å². The van der Waals surface area contributed by atoms with E-state index in [1.807, 2.05) is 6.92 Å². The molecule has 4 nitrogen and oxygen atoms in total. The summed E-state index contributed by atoms with van der Waals surface area (Å²) in [5, 5.41) is 2.59. The molecular formula is C20H16F3N3O. The second kappa shape index (κ2) is 7.11. The summed E-state index contributed by atoms with van der Waals surface area (Å²) in [6.07, 6.45) is -4.51. The Kier molecular flexibility index (Phi) is 4.85. The minimum atomic E-state index is -4.51. The van der Waals surface area contributed by atoms with Gasteiger partial charge in [0.15, 0.2) is 0 Å². The van der Waals surface area contributed by atoms with E-state index >= 15 is 0 Å². The van der Waals surface area contributed by atoms with Crippen molar-refractivity contribution in [2.45, 2.75) is 13.1 Å². The average Bonchev–Trinajstić information content (AvgIpc) is 2.61. The van der Waals surface area contributed by atoms with E-state index in [1.54, 1.807) is 24.3 Å². The number of rotatable bonds is 3. The van der Waals surface area contributed by atoms with E-state index in [2.05, 4.69) is 10.3 Å². The molecule has 138 valence electrons. The highest BCUT2D eigenvalue weighted by Crippen LogP contribution is 2.38. The second-order valence-corrected chi connectivity index (χ2v) is 5.99. The van der Waals surface area contributed by atoms with E-state index in [0.717, 1.165) is 11.6 Å². The van der Waals surface area contributed by atoms with Gasteiger partial charge in [0.25, 0.3) is 5.91 Å². The first-order valence-electron chi connectivity index (χ1n) is 8.07. The highest BCUT2D eigenvalue weighted by molar-refractivity contribution is 6.04. The third-order valence-electron chi connectivity index (χ3n) is 4.00. The SMILES string of the molecule is Cc1ccc(C(=O)Nc2ccc(-c3ccccc3C(F)(F)F)c(N)n2)cc1. The molecule has 0 radical (unpaired) electrons. The molecule has 0 unspecified atom stereocenters. The zero-order chi connectivity index (χ0) is 19.6. The van der Waals surface area contributed by atoms with Crippen LogP contribution < -0.4 is 11.1 Å². The molecule has 1 aromatic heterocycles. The smallest absolute Gasteiger partial charge is 0.383 e. The van der Waals surface area contributed by atoms with Crippen LogP contribution in [-0.2, 0) is 6.18 Å². The lowest BCUT2D eigenvalue weighted by Crippen LogP contribution is -2.14. The Labute approximate surface area is 153 Å². The van der Waals surface area contributed by atoms with Gasteiger partial charge in [-0.2, -0.15) is 13.2 Å². The van der Waals surface area contributed by atoms with Crippen LogP contribution in [0.4, 0.5) is 24.8 Å². The van der Waals surface area contributed by atoms with Gasteiger partial charge in [0.2, 0.25) is 0 Å². The van der Waals surface area contributed by atoms with Gasteiger partial charge in [-0.15, -0.1) is 0 Å². The first kappa shape index (κ1) is 18.4. The van der Waals surface area contributed by atoms with Gasteiger partial charge in [0.1, 0.15) is 11.6 Å². The number of amides is 1. The number of nitrogen functional groups attached to an aromatic ring is 1. The standard InChI is InChI=1S/C20H16F3N3O/c1-12-6-8-13(9-7-12)19(27)26-17-11-10-15(18(24)25-17)14-4-2-3-5-16(14)20(21,22)23/h2-11H,1H3,(H3,24,25,26,27). The van der Waals surface area contributed by atoms with Crippen molar-refractivity contribution in [2.24, 2.45) is 0 Å². The zero-order valence-corrected chi connectivity index (χ0v) is 14.3. The number of hydrogen-bond donors (Lipinski definition) is 2. The number of anilines is 2. The molecule has 7 heteroatoms. The fourth-order valence-corrected chi connectivity index (χ4v) is 2.63. The molecule has 27 heavy (non-hydrogen) atoms. The van der Waals surface area contributed by atoms with E-state index in [-0.39, 0.29) is 28.7 Å². The number of pyridine rings is 1. The number of alkyl halides is 3. The number of carbonyl (C=O) groups excluding carboxylic acids is 1. The molecule has 2 aromatic carbocycles. The van der Waals surface area contributed by atoms with E-state index in [9.17, 15) is 18.0 Å². The number of nitrogens with one attached hydrogen (secondary N) is 1.